The number of benzene rings is 1. The Balaban J connectivity index is 1.75. The number of halogens is 1. The van der Waals surface area contributed by atoms with E-state index in [4.69, 9.17) is 4.42 Å². The minimum atomic E-state index is -0.596. The molecule has 3 amide bonds. The van der Waals surface area contributed by atoms with E-state index >= 15 is 0 Å². The number of hydrogen-bond acceptors (Lipinski definition) is 5. The molecule has 7 nitrogen and oxygen atoms in total. The topological polar surface area (TPSA) is 87.8 Å². The van der Waals surface area contributed by atoms with Crippen molar-refractivity contribution in [3.8, 4) is 11.3 Å². The van der Waals surface area contributed by atoms with Crippen LogP contribution in [0.4, 0.5) is 9.18 Å². The Morgan fingerprint density at radius 1 is 1.33 bits per heavy atom. The SMILES string of the molecule is O=C1CN(/N=C/c2ncc(-c3ccc(F)cc3)o2)C(=O)N1. The Morgan fingerprint density at radius 3 is 2.76 bits per heavy atom. The Bertz CT molecular complexity index is 723. The van der Waals surface area contributed by atoms with Crippen LogP contribution in [0.3, 0.4) is 0 Å². The summed E-state index contributed by atoms with van der Waals surface area (Å²) in [5, 5.41) is 6.85. The number of hydrogen-bond donors (Lipinski definition) is 1. The molecule has 1 aliphatic rings. The summed E-state index contributed by atoms with van der Waals surface area (Å²) < 4.78 is 18.2. The highest BCUT2D eigenvalue weighted by Crippen LogP contribution is 2.20. The molecule has 8 heteroatoms. The van der Waals surface area contributed by atoms with Gasteiger partial charge >= 0.3 is 6.03 Å². The third-order valence-corrected chi connectivity index (χ3v) is 2.73. The second-order valence-corrected chi connectivity index (χ2v) is 4.23. The second-order valence-electron chi connectivity index (χ2n) is 4.23. The van der Waals surface area contributed by atoms with E-state index in [1.807, 2.05) is 0 Å². The van der Waals surface area contributed by atoms with Gasteiger partial charge in [-0.2, -0.15) is 5.10 Å². The highest BCUT2D eigenvalue weighted by Gasteiger charge is 2.26. The van der Waals surface area contributed by atoms with Crippen LogP contribution in [-0.4, -0.2) is 34.7 Å². The van der Waals surface area contributed by atoms with Gasteiger partial charge in [0.05, 0.1) is 6.20 Å². The standard InChI is InChI=1S/C13H9FN4O3/c14-9-3-1-8(2-4-9)10-5-15-12(21-10)6-16-18-7-11(19)17-13(18)20/h1-6H,7H2,(H,17,19,20)/b16-6+. The predicted octanol–water partition coefficient (Wildman–Crippen LogP) is 1.37. The molecule has 0 aliphatic carbocycles. The molecule has 0 saturated carbocycles. The average Bonchev–Trinajstić information content (AvgIpc) is 3.04. The fraction of sp³-hybridized carbons (Fsp3) is 0.0769. The van der Waals surface area contributed by atoms with Crippen molar-refractivity contribution in [2.45, 2.75) is 0 Å². The zero-order chi connectivity index (χ0) is 14.8. The molecule has 0 unspecified atom stereocenters. The van der Waals surface area contributed by atoms with Crippen molar-refractivity contribution in [1.29, 1.82) is 0 Å². The molecule has 106 valence electrons. The van der Waals surface area contributed by atoms with Gasteiger partial charge in [-0.15, -0.1) is 0 Å². The van der Waals surface area contributed by atoms with Crippen LogP contribution in [0.2, 0.25) is 0 Å². The molecule has 1 aliphatic heterocycles. The Labute approximate surface area is 118 Å². The average molecular weight is 288 g/mol. The highest BCUT2D eigenvalue weighted by molar-refractivity contribution is 6.02. The highest BCUT2D eigenvalue weighted by atomic mass is 19.1. The summed E-state index contributed by atoms with van der Waals surface area (Å²) in [7, 11) is 0. The second kappa shape index (κ2) is 5.16. The van der Waals surface area contributed by atoms with Crippen molar-refractivity contribution in [3.05, 3.63) is 42.2 Å². The van der Waals surface area contributed by atoms with Gasteiger partial charge in [0.15, 0.2) is 5.76 Å². The van der Waals surface area contributed by atoms with Gasteiger partial charge in [-0.05, 0) is 24.3 Å². The molecule has 3 rings (SSSR count). The summed E-state index contributed by atoms with van der Waals surface area (Å²) in [6.07, 6.45) is 2.69. The fourth-order valence-electron chi connectivity index (χ4n) is 1.74. The lowest BCUT2D eigenvalue weighted by Gasteiger charge is -2.02. The normalized spacial score (nSPS) is 15.0. The maximum atomic E-state index is 12.8. The van der Waals surface area contributed by atoms with E-state index in [0.29, 0.717) is 11.3 Å². The van der Waals surface area contributed by atoms with Crippen LogP contribution in [0.15, 0.2) is 40.0 Å². The number of imide groups is 1. The number of carbonyl (C=O) groups excluding carboxylic acids is 2. The van der Waals surface area contributed by atoms with Crippen LogP contribution < -0.4 is 5.32 Å². The first-order valence-corrected chi connectivity index (χ1v) is 5.99. The molecular weight excluding hydrogens is 279 g/mol. The van der Waals surface area contributed by atoms with Crippen LogP contribution in [0, 0.1) is 5.82 Å². The van der Waals surface area contributed by atoms with Gasteiger partial charge in [-0.25, -0.2) is 19.2 Å². The van der Waals surface area contributed by atoms with Gasteiger partial charge in [0.1, 0.15) is 18.6 Å². The first-order chi connectivity index (χ1) is 10.1. The van der Waals surface area contributed by atoms with E-state index in [9.17, 15) is 14.0 Å². The van der Waals surface area contributed by atoms with Gasteiger partial charge in [0, 0.05) is 5.56 Å². The minimum absolute atomic E-state index is 0.138. The van der Waals surface area contributed by atoms with Crippen molar-refractivity contribution in [2.24, 2.45) is 5.10 Å². The molecule has 2 aromatic rings. The predicted molar refractivity (Wildman–Crippen MR) is 69.7 cm³/mol. The monoisotopic (exact) mass is 288 g/mol. The van der Waals surface area contributed by atoms with Crippen LogP contribution in [0.25, 0.3) is 11.3 Å². The molecule has 1 fully saturated rings. The van der Waals surface area contributed by atoms with E-state index in [1.165, 1.54) is 24.5 Å². The quantitative estimate of drug-likeness (QED) is 0.682. The number of oxazole rings is 1. The molecule has 21 heavy (non-hydrogen) atoms. The summed E-state index contributed by atoms with van der Waals surface area (Å²) in [5.41, 5.74) is 0.664. The van der Waals surface area contributed by atoms with Crippen molar-refractivity contribution in [3.63, 3.8) is 0 Å². The van der Waals surface area contributed by atoms with Gasteiger partial charge in [0.2, 0.25) is 11.8 Å². The van der Waals surface area contributed by atoms with Crippen LogP contribution in [-0.2, 0) is 4.79 Å². The van der Waals surface area contributed by atoms with E-state index in [-0.39, 0.29) is 18.3 Å². The summed E-state index contributed by atoms with van der Waals surface area (Å²) >= 11 is 0. The smallest absolute Gasteiger partial charge is 0.344 e. The third kappa shape index (κ3) is 2.78. The molecule has 0 atom stereocenters. The van der Waals surface area contributed by atoms with Gasteiger partial charge < -0.3 is 4.42 Å². The number of carbonyl (C=O) groups is 2. The fourth-order valence-corrected chi connectivity index (χ4v) is 1.74. The Hall–Kier alpha value is -3.03. The molecule has 0 radical (unpaired) electrons. The maximum absolute atomic E-state index is 12.8. The number of urea groups is 1. The number of nitrogens with zero attached hydrogens (tertiary/aromatic N) is 3. The molecule has 1 N–H and O–H groups in total. The molecule has 0 spiro atoms. The zero-order valence-electron chi connectivity index (χ0n) is 10.6. The summed E-state index contributed by atoms with van der Waals surface area (Å²) in [6.45, 7) is -0.138. The lowest BCUT2D eigenvalue weighted by molar-refractivity contribution is -0.118. The number of rotatable bonds is 3. The molecular formula is C13H9FN4O3. The zero-order valence-corrected chi connectivity index (χ0v) is 10.6. The summed E-state index contributed by atoms with van der Waals surface area (Å²) in [4.78, 5) is 26.2. The van der Waals surface area contributed by atoms with Gasteiger partial charge in [-0.1, -0.05) is 0 Å². The van der Waals surface area contributed by atoms with Crippen molar-refractivity contribution in [2.75, 3.05) is 6.54 Å². The van der Waals surface area contributed by atoms with Crippen LogP contribution in [0.1, 0.15) is 5.89 Å². The van der Waals surface area contributed by atoms with Gasteiger partial charge in [-0.3, -0.25) is 10.1 Å². The third-order valence-electron chi connectivity index (χ3n) is 2.73. The lowest BCUT2D eigenvalue weighted by Crippen LogP contribution is -2.24. The van der Waals surface area contributed by atoms with E-state index in [0.717, 1.165) is 5.01 Å². The van der Waals surface area contributed by atoms with Crippen molar-refractivity contribution < 1.29 is 18.4 Å². The van der Waals surface area contributed by atoms with Crippen molar-refractivity contribution >= 4 is 18.2 Å². The molecule has 0 bridgehead atoms. The van der Waals surface area contributed by atoms with E-state index in [1.54, 1.807) is 12.1 Å². The number of nitrogens with one attached hydrogen (secondary N) is 1. The molecule has 2 heterocycles. The molecule has 1 saturated heterocycles. The number of hydrazone groups is 1. The van der Waals surface area contributed by atoms with Crippen LogP contribution >= 0.6 is 0 Å². The number of amides is 3. The van der Waals surface area contributed by atoms with Gasteiger partial charge in [0.25, 0.3) is 0 Å². The summed E-state index contributed by atoms with van der Waals surface area (Å²) in [5.74, 6) is -0.152. The molecule has 1 aromatic heterocycles. The largest absolute Gasteiger partial charge is 0.435 e. The molecule has 1 aromatic carbocycles. The first kappa shape index (κ1) is 13.0. The lowest BCUT2D eigenvalue weighted by atomic mass is 10.2. The maximum Gasteiger partial charge on any atom is 0.344 e. The van der Waals surface area contributed by atoms with E-state index < -0.39 is 11.9 Å². The minimum Gasteiger partial charge on any atom is -0.435 e. The summed E-state index contributed by atoms with van der Waals surface area (Å²) in [6, 6.07) is 5.14. The Morgan fingerprint density at radius 2 is 2.10 bits per heavy atom. The Kier molecular flexibility index (Phi) is 3.19. The van der Waals surface area contributed by atoms with Crippen molar-refractivity contribution in [1.82, 2.24) is 15.3 Å². The van der Waals surface area contributed by atoms with E-state index in [2.05, 4.69) is 15.4 Å². The number of aromatic nitrogens is 1. The first-order valence-electron chi connectivity index (χ1n) is 5.99. The van der Waals surface area contributed by atoms with Crippen LogP contribution in [0.5, 0.6) is 0 Å².